The van der Waals surface area contributed by atoms with Gasteiger partial charge in [-0.3, -0.25) is 4.79 Å². The minimum Gasteiger partial charge on any atom is -0.489 e. The van der Waals surface area contributed by atoms with Crippen molar-refractivity contribution in [1.82, 2.24) is 0 Å². The van der Waals surface area contributed by atoms with E-state index in [0.29, 0.717) is 19.4 Å². The van der Waals surface area contributed by atoms with E-state index in [9.17, 15) is 9.90 Å². The Morgan fingerprint density at radius 2 is 1.67 bits per heavy atom. The molecule has 1 fully saturated rings. The molecule has 2 aromatic carbocycles. The van der Waals surface area contributed by atoms with Gasteiger partial charge in [-0.25, -0.2) is 0 Å². The monoisotopic (exact) mass is 492 g/mol. The van der Waals surface area contributed by atoms with Crippen molar-refractivity contribution in [2.24, 2.45) is 0 Å². The third kappa shape index (κ3) is 6.21. The van der Waals surface area contributed by atoms with Crippen LogP contribution in [0.25, 0.3) is 6.08 Å². The average molecular weight is 493 g/mol. The third-order valence-corrected chi connectivity index (χ3v) is 8.02. The first kappa shape index (κ1) is 28.0. The van der Waals surface area contributed by atoms with Crippen molar-refractivity contribution in [2.75, 3.05) is 6.61 Å². The number of carbonyl (C=O) groups is 1. The summed E-state index contributed by atoms with van der Waals surface area (Å²) < 4.78 is 11.3. The number of carbonyl (C=O) groups excluding carboxylic acids is 1. The molecule has 0 radical (unpaired) electrons. The van der Waals surface area contributed by atoms with E-state index in [1.54, 1.807) is 0 Å². The molecule has 36 heavy (non-hydrogen) atoms. The normalized spacial score (nSPS) is 17.9. The Morgan fingerprint density at radius 3 is 2.19 bits per heavy atom. The molecule has 0 spiro atoms. The molecule has 0 saturated carbocycles. The van der Waals surface area contributed by atoms with Gasteiger partial charge in [0.15, 0.2) is 0 Å². The van der Waals surface area contributed by atoms with Crippen molar-refractivity contribution in [1.29, 1.82) is 0 Å². The third-order valence-electron chi connectivity index (χ3n) is 8.02. The van der Waals surface area contributed by atoms with Gasteiger partial charge in [0.2, 0.25) is 0 Å². The van der Waals surface area contributed by atoms with Gasteiger partial charge >= 0.3 is 5.97 Å². The van der Waals surface area contributed by atoms with Crippen molar-refractivity contribution in [2.45, 2.75) is 104 Å². The Morgan fingerprint density at radius 1 is 1.00 bits per heavy atom. The van der Waals surface area contributed by atoms with Gasteiger partial charge in [-0.15, -0.1) is 0 Å². The van der Waals surface area contributed by atoms with Crippen LogP contribution in [0.3, 0.4) is 0 Å². The van der Waals surface area contributed by atoms with Crippen molar-refractivity contribution in [3.63, 3.8) is 0 Å². The molecule has 0 bridgehead atoms. The van der Waals surface area contributed by atoms with Crippen molar-refractivity contribution in [3.05, 3.63) is 70.3 Å². The van der Waals surface area contributed by atoms with Gasteiger partial charge in [-0.2, -0.15) is 0 Å². The van der Waals surface area contributed by atoms with Crippen LogP contribution in [0.4, 0.5) is 0 Å². The zero-order valence-corrected chi connectivity index (χ0v) is 23.0. The summed E-state index contributed by atoms with van der Waals surface area (Å²) in [6.45, 7) is 13.3. The molecule has 1 aliphatic rings. The lowest BCUT2D eigenvalue weighted by Crippen LogP contribution is -2.26. The van der Waals surface area contributed by atoms with E-state index in [1.165, 1.54) is 16.7 Å². The number of rotatable bonds is 12. The highest BCUT2D eigenvalue weighted by Crippen LogP contribution is 2.41. The number of aryl methyl sites for hydroxylation is 2. The number of aliphatic hydroxyl groups is 1. The molecule has 0 aromatic heterocycles. The summed E-state index contributed by atoms with van der Waals surface area (Å²) >= 11 is 0. The summed E-state index contributed by atoms with van der Waals surface area (Å²) in [4.78, 5) is 11.4. The largest absolute Gasteiger partial charge is 0.489 e. The maximum atomic E-state index is 11.4. The maximum Gasteiger partial charge on any atom is 0.306 e. The van der Waals surface area contributed by atoms with E-state index in [4.69, 9.17) is 9.47 Å². The van der Waals surface area contributed by atoms with Gasteiger partial charge < -0.3 is 14.6 Å². The zero-order chi connectivity index (χ0) is 26.3. The van der Waals surface area contributed by atoms with Crippen LogP contribution < -0.4 is 4.74 Å². The Hall–Kier alpha value is -2.59. The Bertz CT molecular complexity index is 1070. The van der Waals surface area contributed by atoms with E-state index < -0.39 is 5.60 Å². The first-order valence-corrected chi connectivity index (χ1v) is 13.7. The standard InChI is InChI=1S/C32H44O4/c1-7-18-31(34,8-2)19-17-25-11-12-26(20-23(25)5)32(9-3,10-4)27-13-15-29(24(6)21-27)35-22-28-14-16-30(33)36-28/h11-13,15,17,19-21,28,34H,7-10,14,16,18,22H2,1-6H3/t28-,31?/m0/s1. The zero-order valence-electron chi connectivity index (χ0n) is 23.0. The van der Waals surface area contributed by atoms with Gasteiger partial charge in [0, 0.05) is 11.8 Å². The molecule has 1 N–H and O–H groups in total. The van der Waals surface area contributed by atoms with Crippen molar-refractivity contribution in [3.8, 4) is 5.75 Å². The number of cyclic esters (lactones) is 1. The number of hydrogen-bond donors (Lipinski definition) is 1. The predicted octanol–water partition coefficient (Wildman–Crippen LogP) is 7.45. The number of benzene rings is 2. The van der Waals surface area contributed by atoms with Crippen LogP contribution in [0.2, 0.25) is 0 Å². The molecule has 1 saturated heterocycles. The molecule has 1 aliphatic heterocycles. The van der Waals surface area contributed by atoms with Crippen LogP contribution in [-0.2, 0) is 14.9 Å². The van der Waals surface area contributed by atoms with E-state index in [2.05, 4.69) is 77.1 Å². The number of esters is 1. The smallest absolute Gasteiger partial charge is 0.306 e. The predicted molar refractivity (Wildman–Crippen MR) is 148 cm³/mol. The van der Waals surface area contributed by atoms with Crippen LogP contribution in [0.15, 0.2) is 42.5 Å². The number of ether oxygens (including phenoxy) is 2. The highest BCUT2D eigenvalue weighted by molar-refractivity contribution is 5.71. The van der Waals surface area contributed by atoms with E-state index >= 15 is 0 Å². The molecule has 2 atom stereocenters. The highest BCUT2D eigenvalue weighted by atomic mass is 16.6. The molecular formula is C32H44O4. The molecule has 196 valence electrons. The lowest BCUT2D eigenvalue weighted by Gasteiger charge is -2.34. The lowest BCUT2D eigenvalue weighted by atomic mass is 9.70. The Labute approximate surface area is 217 Å². The molecule has 4 heteroatoms. The van der Waals surface area contributed by atoms with Crippen LogP contribution in [0.5, 0.6) is 5.75 Å². The second kappa shape index (κ2) is 12.1. The Balaban J connectivity index is 1.85. The first-order valence-electron chi connectivity index (χ1n) is 13.7. The van der Waals surface area contributed by atoms with Crippen LogP contribution >= 0.6 is 0 Å². The fourth-order valence-corrected chi connectivity index (χ4v) is 5.44. The van der Waals surface area contributed by atoms with E-state index in [0.717, 1.165) is 49.0 Å². The van der Waals surface area contributed by atoms with Gasteiger partial charge in [0.05, 0.1) is 5.60 Å². The van der Waals surface area contributed by atoms with Gasteiger partial charge in [0.1, 0.15) is 18.5 Å². The molecule has 0 amide bonds. The Kier molecular flexibility index (Phi) is 9.41. The quantitative estimate of drug-likeness (QED) is 0.313. The molecule has 1 unspecified atom stereocenters. The SMILES string of the molecule is CCCC(O)(C=Cc1ccc(C(CC)(CC)c2ccc(OC[C@@H]3CCC(=O)O3)c(C)c2)cc1C)CC. The summed E-state index contributed by atoms with van der Waals surface area (Å²) in [6.07, 6.45) is 9.54. The average Bonchev–Trinajstić information content (AvgIpc) is 3.29. The first-order chi connectivity index (χ1) is 17.2. The topological polar surface area (TPSA) is 55.8 Å². The summed E-state index contributed by atoms with van der Waals surface area (Å²) in [6, 6.07) is 13.2. The molecule has 2 aromatic rings. The summed E-state index contributed by atoms with van der Waals surface area (Å²) in [7, 11) is 0. The molecule has 3 rings (SSSR count). The van der Waals surface area contributed by atoms with Crippen LogP contribution in [-0.4, -0.2) is 29.4 Å². The molecule has 0 aliphatic carbocycles. The second-order valence-corrected chi connectivity index (χ2v) is 10.3. The summed E-state index contributed by atoms with van der Waals surface area (Å²) in [5, 5.41) is 10.8. The van der Waals surface area contributed by atoms with E-state index in [1.807, 2.05) is 13.0 Å². The van der Waals surface area contributed by atoms with Gasteiger partial charge in [0.25, 0.3) is 0 Å². The van der Waals surface area contributed by atoms with Gasteiger partial charge in [-0.1, -0.05) is 76.6 Å². The minimum absolute atomic E-state index is 0.0936. The maximum absolute atomic E-state index is 11.4. The second-order valence-electron chi connectivity index (χ2n) is 10.3. The molecule has 1 heterocycles. The van der Waals surface area contributed by atoms with Crippen molar-refractivity contribution >= 4 is 12.0 Å². The molecular weight excluding hydrogens is 448 g/mol. The van der Waals surface area contributed by atoms with E-state index in [-0.39, 0.29) is 17.5 Å². The summed E-state index contributed by atoms with van der Waals surface area (Å²) in [5.41, 5.74) is 5.22. The fraction of sp³-hybridized carbons (Fsp3) is 0.531. The lowest BCUT2D eigenvalue weighted by molar-refractivity contribution is -0.142. The summed E-state index contributed by atoms with van der Waals surface area (Å²) in [5.74, 6) is 0.708. The highest BCUT2D eigenvalue weighted by Gasteiger charge is 2.32. The van der Waals surface area contributed by atoms with Gasteiger partial charge in [-0.05, 0) is 79.8 Å². The van der Waals surface area contributed by atoms with Crippen LogP contribution in [0, 0.1) is 13.8 Å². The van der Waals surface area contributed by atoms with Crippen molar-refractivity contribution < 1.29 is 19.4 Å². The van der Waals surface area contributed by atoms with Crippen LogP contribution in [0.1, 0.15) is 100 Å². The molecule has 4 nitrogen and oxygen atoms in total. The number of hydrogen-bond acceptors (Lipinski definition) is 4. The minimum atomic E-state index is -0.739. The fourth-order valence-electron chi connectivity index (χ4n) is 5.44.